The highest BCUT2D eigenvalue weighted by atomic mass is 35.5. The number of rotatable bonds is 8. The molecule has 1 aromatic carbocycles. The van der Waals surface area contributed by atoms with Crippen LogP contribution >= 0.6 is 11.6 Å². The first-order chi connectivity index (χ1) is 18.5. The number of hydrogen-bond acceptors (Lipinski definition) is 6. The second-order valence-electron chi connectivity index (χ2n) is 9.15. The highest BCUT2D eigenvalue weighted by Gasteiger charge is 2.27. The van der Waals surface area contributed by atoms with Gasteiger partial charge < -0.3 is 0 Å². The molecule has 0 saturated heterocycles. The van der Waals surface area contributed by atoms with Crippen LogP contribution in [-0.2, 0) is 0 Å². The smallest absolute Gasteiger partial charge is 0.263 e. The molecule has 1 atom stereocenters. The van der Waals surface area contributed by atoms with E-state index in [0.717, 1.165) is 25.0 Å². The second kappa shape index (κ2) is 9.97. The van der Waals surface area contributed by atoms with E-state index in [0.29, 0.717) is 33.1 Å². The van der Waals surface area contributed by atoms with Gasteiger partial charge in [-0.1, -0.05) is 47.4 Å². The molecule has 14 heteroatoms. The molecule has 1 fully saturated rings. The zero-order valence-corrected chi connectivity index (χ0v) is 20.5. The van der Waals surface area contributed by atoms with Crippen LogP contribution in [-0.4, -0.2) is 45.3 Å². The number of tetrazole rings is 1. The van der Waals surface area contributed by atoms with E-state index in [1.54, 1.807) is 35.4 Å². The van der Waals surface area contributed by atoms with Crippen LogP contribution in [0.15, 0.2) is 55.4 Å². The Morgan fingerprint density at radius 3 is 2.61 bits per heavy atom. The average molecular weight is 542 g/mol. The van der Waals surface area contributed by atoms with Crippen LogP contribution in [0.2, 0.25) is 5.02 Å². The summed E-state index contributed by atoms with van der Waals surface area (Å²) in [5, 5.41) is 21.9. The average Bonchev–Trinajstić information content (AvgIpc) is 3.67. The van der Waals surface area contributed by atoms with E-state index in [4.69, 9.17) is 16.6 Å². The third-order valence-electron chi connectivity index (χ3n) is 6.83. The zero-order chi connectivity index (χ0) is 26.2. The summed E-state index contributed by atoms with van der Waals surface area (Å²) in [5.74, 6) is -0.0597. The molecule has 0 unspecified atom stereocenters. The number of aromatic nitrogens is 10. The predicted octanol–water partition coefficient (Wildman–Crippen LogP) is 4.57. The maximum absolute atomic E-state index is 15.2. The van der Waals surface area contributed by atoms with Crippen LogP contribution in [0, 0.1) is 11.7 Å². The fourth-order valence-corrected chi connectivity index (χ4v) is 4.77. The lowest BCUT2D eigenvalue weighted by Gasteiger charge is -2.29. The summed E-state index contributed by atoms with van der Waals surface area (Å²) in [4.78, 5) is 4.69. The molecule has 0 aliphatic heterocycles. The van der Waals surface area contributed by atoms with Crippen molar-refractivity contribution in [3.05, 3.63) is 71.9 Å². The number of halogens is 4. The van der Waals surface area contributed by atoms with Crippen molar-refractivity contribution in [1.29, 1.82) is 0 Å². The van der Waals surface area contributed by atoms with Gasteiger partial charge >= 0.3 is 6.55 Å². The van der Waals surface area contributed by atoms with Gasteiger partial charge in [-0.25, -0.2) is 4.39 Å². The Kier molecular flexibility index (Phi) is 6.35. The molecular weight excluding hydrogens is 521 g/mol. The minimum atomic E-state index is -2.77. The van der Waals surface area contributed by atoms with E-state index in [9.17, 15) is 8.78 Å². The number of alkyl halides is 2. The number of nitrogens with zero attached hydrogens (tertiary/aromatic N) is 9. The van der Waals surface area contributed by atoms with Gasteiger partial charge in [-0.3, -0.25) is 9.67 Å². The number of aromatic amines is 1. The SMILES string of the molecule is Fc1c(Cl)ccc(-[n+]2cnn[nH]2)c1-c1ccc([C@@H](CC2CCC2)n2cc(-c3cn(C(F)F)nn3)cn2)nc1. The van der Waals surface area contributed by atoms with Gasteiger partial charge in [0.2, 0.25) is 0 Å². The number of hydrogen-bond donors (Lipinski definition) is 1. The van der Waals surface area contributed by atoms with Crippen molar-refractivity contribution in [2.45, 2.75) is 38.3 Å². The molecule has 194 valence electrons. The van der Waals surface area contributed by atoms with Gasteiger partial charge in [-0.2, -0.15) is 18.6 Å². The lowest BCUT2D eigenvalue weighted by molar-refractivity contribution is -0.659. The van der Waals surface area contributed by atoms with Crippen molar-refractivity contribution in [2.24, 2.45) is 5.92 Å². The maximum atomic E-state index is 15.2. The van der Waals surface area contributed by atoms with Crippen molar-refractivity contribution >= 4 is 11.6 Å². The summed E-state index contributed by atoms with van der Waals surface area (Å²) in [6, 6.07) is 6.56. The topological polar surface area (TPSA) is 107 Å². The first-order valence-electron chi connectivity index (χ1n) is 11.9. The van der Waals surface area contributed by atoms with E-state index in [1.165, 1.54) is 29.7 Å². The minimum Gasteiger partial charge on any atom is -0.263 e. The highest BCUT2D eigenvalue weighted by molar-refractivity contribution is 6.31. The van der Waals surface area contributed by atoms with Gasteiger partial charge in [-0.15, -0.1) is 9.78 Å². The van der Waals surface area contributed by atoms with Crippen molar-refractivity contribution in [1.82, 2.24) is 45.3 Å². The van der Waals surface area contributed by atoms with Crippen LogP contribution in [0.1, 0.15) is 44.0 Å². The zero-order valence-electron chi connectivity index (χ0n) is 19.8. The molecule has 0 amide bonds. The van der Waals surface area contributed by atoms with E-state index in [2.05, 4.69) is 30.9 Å². The molecule has 4 aromatic heterocycles. The Balaban J connectivity index is 1.34. The number of nitrogens with one attached hydrogen (secondary N) is 1. The molecule has 1 aliphatic carbocycles. The Hall–Kier alpha value is -4.13. The normalized spacial score (nSPS) is 14.7. The molecule has 1 N–H and O–H groups in total. The van der Waals surface area contributed by atoms with E-state index in [-0.39, 0.29) is 16.6 Å². The summed E-state index contributed by atoms with van der Waals surface area (Å²) < 4.78 is 44.8. The summed E-state index contributed by atoms with van der Waals surface area (Å²) in [7, 11) is 0. The predicted molar refractivity (Wildman–Crippen MR) is 129 cm³/mol. The summed E-state index contributed by atoms with van der Waals surface area (Å²) >= 11 is 6.10. The third kappa shape index (κ3) is 4.53. The Morgan fingerprint density at radius 2 is 1.95 bits per heavy atom. The molecule has 4 heterocycles. The number of pyridine rings is 1. The molecule has 38 heavy (non-hydrogen) atoms. The van der Waals surface area contributed by atoms with E-state index in [1.807, 2.05) is 6.07 Å². The molecule has 0 bridgehead atoms. The third-order valence-corrected chi connectivity index (χ3v) is 7.13. The Morgan fingerprint density at radius 1 is 1.08 bits per heavy atom. The van der Waals surface area contributed by atoms with Crippen LogP contribution in [0.3, 0.4) is 0 Å². The lowest BCUT2D eigenvalue weighted by Crippen LogP contribution is -2.33. The van der Waals surface area contributed by atoms with Crippen LogP contribution in [0.25, 0.3) is 28.1 Å². The van der Waals surface area contributed by atoms with Gasteiger partial charge in [0.15, 0.2) is 11.0 Å². The molecular formula is C24H21ClF3N10+. The monoisotopic (exact) mass is 541 g/mol. The standard InChI is InChI=1S/C24H20ClF3N10/c25-17-5-7-20(38-13-30-33-35-38)22(23(17)26)15-4-6-18(29-9-15)21(8-14-2-1-3-14)36-11-16(10-31-36)19-12-37(24(27)28)34-32-19/h4-7,9-14,21,24H,1-3,8H2/p+1/t21-/m1/s1. The van der Waals surface area contributed by atoms with Crippen molar-refractivity contribution in [2.75, 3.05) is 0 Å². The Bertz CT molecular complexity index is 1540. The molecule has 6 rings (SSSR count). The first-order valence-corrected chi connectivity index (χ1v) is 12.3. The van der Waals surface area contributed by atoms with Gasteiger partial charge in [-0.05, 0) is 30.5 Å². The summed E-state index contributed by atoms with van der Waals surface area (Å²) in [5.41, 5.74) is 2.88. The first kappa shape index (κ1) is 24.2. The maximum Gasteiger partial charge on any atom is 0.334 e. The van der Waals surface area contributed by atoms with Gasteiger partial charge in [0.1, 0.15) is 16.5 Å². The molecule has 10 nitrogen and oxygen atoms in total. The number of benzene rings is 1. The van der Waals surface area contributed by atoms with Gasteiger partial charge in [0, 0.05) is 23.5 Å². The molecule has 0 radical (unpaired) electrons. The summed E-state index contributed by atoms with van der Waals surface area (Å²) in [6.45, 7) is -2.77. The van der Waals surface area contributed by atoms with Gasteiger partial charge in [0.05, 0.1) is 34.7 Å². The molecule has 5 aromatic rings. The van der Waals surface area contributed by atoms with Crippen molar-refractivity contribution in [3.8, 4) is 28.1 Å². The van der Waals surface area contributed by atoms with Crippen molar-refractivity contribution in [3.63, 3.8) is 0 Å². The number of H-pyrrole nitrogens is 1. The fourth-order valence-electron chi connectivity index (χ4n) is 4.61. The molecule has 1 aliphatic rings. The lowest BCUT2D eigenvalue weighted by atomic mass is 9.80. The highest BCUT2D eigenvalue weighted by Crippen LogP contribution is 2.37. The van der Waals surface area contributed by atoms with E-state index >= 15 is 4.39 Å². The largest absolute Gasteiger partial charge is 0.334 e. The van der Waals surface area contributed by atoms with Crippen molar-refractivity contribution < 1.29 is 17.9 Å². The fraction of sp³-hybridized carbons (Fsp3) is 0.292. The quantitative estimate of drug-likeness (QED) is 0.288. The van der Waals surface area contributed by atoms with Crippen LogP contribution in [0.5, 0.6) is 0 Å². The molecule has 0 spiro atoms. The van der Waals surface area contributed by atoms with Crippen LogP contribution in [0.4, 0.5) is 13.2 Å². The Labute approximate surface area is 219 Å². The van der Waals surface area contributed by atoms with Gasteiger partial charge in [0.25, 0.3) is 6.33 Å². The second-order valence-corrected chi connectivity index (χ2v) is 9.55. The minimum absolute atomic E-state index is 0.0170. The van der Waals surface area contributed by atoms with E-state index < -0.39 is 12.4 Å². The summed E-state index contributed by atoms with van der Waals surface area (Å²) in [6.07, 6.45) is 11.8. The molecule has 1 saturated carbocycles. The van der Waals surface area contributed by atoms with Crippen LogP contribution < -0.4 is 4.68 Å².